The number of methoxy groups -OCH3 is 1. The predicted octanol–water partition coefficient (Wildman–Crippen LogP) is 1.92. The second-order valence-electron chi connectivity index (χ2n) is 4.90. The number of piperidine rings is 1. The molecule has 1 saturated heterocycles. The minimum absolute atomic E-state index is 0. The smallest absolute Gasteiger partial charge is 0.237 e. The van der Waals surface area contributed by atoms with Crippen LogP contribution in [0.3, 0.4) is 0 Å². The number of halogens is 1. The molecule has 1 atom stereocenters. The Labute approximate surface area is 126 Å². The van der Waals surface area contributed by atoms with Crippen molar-refractivity contribution in [2.24, 2.45) is 0 Å². The maximum Gasteiger partial charge on any atom is 0.237 e. The van der Waals surface area contributed by atoms with Gasteiger partial charge in [-0.05, 0) is 43.5 Å². The van der Waals surface area contributed by atoms with Gasteiger partial charge < -0.3 is 15.4 Å². The van der Waals surface area contributed by atoms with Gasteiger partial charge in [0.15, 0.2) is 0 Å². The number of amides is 1. The lowest BCUT2D eigenvalue weighted by molar-refractivity contribution is -0.123. The van der Waals surface area contributed by atoms with Gasteiger partial charge in [0.2, 0.25) is 5.91 Å². The predicted molar refractivity (Wildman–Crippen MR) is 82.6 cm³/mol. The van der Waals surface area contributed by atoms with Crippen molar-refractivity contribution in [2.75, 3.05) is 20.2 Å². The first kappa shape index (κ1) is 16.8. The fourth-order valence-corrected chi connectivity index (χ4v) is 2.36. The number of hydrogen-bond donors (Lipinski definition) is 2. The number of nitrogens with one attached hydrogen (secondary N) is 2. The van der Waals surface area contributed by atoms with E-state index in [0.717, 1.165) is 31.6 Å². The molecule has 4 nitrogen and oxygen atoms in total. The molecule has 1 amide bonds. The van der Waals surface area contributed by atoms with Gasteiger partial charge in [-0.1, -0.05) is 18.6 Å². The Balaban J connectivity index is 0.00000200. The molecule has 1 aliphatic rings. The van der Waals surface area contributed by atoms with E-state index in [9.17, 15) is 4.79 Å². The third kappa shape index (κ3) is 5.02. The first-order valence-corrected chi connectivity index (χ1v) is 6.93. The molecule has 1 aromatic carbocycles. The maximum atomic E-state index is 11.9. The lowest BCUT2D eigenvalue weighted by Gasteiger charge is -2.22. The summed E-state index contributed by atoms with van der Waals surface area (Å²) in [6.45, 7) is 1.62. The van der Waals surface area contributed by atoms with Crippen LogP contribution in [0.4, 0.5) is 0 Å². The van der Waals surface area contributed by atoms with Crippen molar-refractivity contribution in [1.29, 1.82) is 0 Å². The molecule has 0 saturated carbocycles. The Bertz CT molecular complexity index is 420. The molecule has 0 radical (unpaired) electrons. The fraction of sp³-hybridized carbons (Fsp3) is 0.533. The standard InChI is InChI=1S/C15H22N2O2.ClH/c1-19-13-6-4-5-12(11-13)8-10-17-15(18)14-7-2-3-9-16-14;/h4-6,11,14,16H,2-3,7-10H2,1H3,(H,17,18);1H/t14-;/m1./s1. The van der Waals surface area contributed by atoms with Crippen molar-refractivity contribution in [3.63, 3.8) is 0 Å². The number of carbonyl (C=O) groups is 1. The van der Waals surface area contributed by atoms with E-state index >= 15 is 0 Å². The van der Waals surface area contributed by atoms with Gasteiger partial charge in [-0.15, -0.1) is 12.4 Å². The number of benzene rings is 1. The second kappa shape index (κ2) is 8.82. The zero-order chi connectivity index (χ0) is 13.5. The van der Waals surface area contributed by atoms with Crippen molar-refractivity contribution in [1.82, 2.24) is 10.6 Å². The van der Waals surface area contributed by atoms with Crippen molar-refractivity contribution in [2.45, 2.75) is 31.7 Å². The van der Waals surface area contributed by atoms with Crippen LogP contribution in [0.25, 0.3) is 0 Å². The van der Waals surface area contributed by atoms with Crippen LogP contribution in [-0.4, -0.2) is 32.1 Å². The van der Waals surface area contributed by atoms with Crippen molar-refractivity contribution >= 4 is 18.3 Å². The van der Waals surface area contributed by atoms with Crippen LogP contribution in [-0.2, 0) is 11.2 Å². The van der Waals surface area contributed by atoms with Gasteiger partial charge in [0.25, 0.3) is 0 Å². The molecule has 0 aliphatic carbocycles. The third-order valence-corrected chi connectivity index (χ3v) is 3.47. The first-order chi connectivity index (χ1) is 9.29. The molecular formula is C15H23ClN2O2. The summed E-state index contributed by atoms with van der Waals surface area (Å²) in [6, 6.07) is 7.95. The van der Waals surface area contributed by atoms with E-state index in [0.29, 0.717) is 6.54 Å². The fourth-order valence-electron chi connectivity index (χ4n) is 2.36. The minimum atomic E-state index is -0.000871. The Morgan fingerprint density at radius 3 is 3.00 bits per heavy atom. The number of ether oxygens (including phenoxy) is 1. The quantitative estimate of drug-likeness (QED) is 0.873. The molecule has 0 aromatic heterocycles. The molecule has 1 heterocycles. The Morgan fingerprint density at radius 2 is 2.30 bits per heavy atom. The SMILES string of the molecule is COc1cccc(CCNC(=O)[C@H]2CCCCN2)c1.Cl. The minimum Gasteiger partial charge on any atom is -0.497 e. The van der Waals surface area contributed by atoms with Gasteiger partial charge in [0, 0.05) is 6.54 Å². The van der Waals surface area contributed by atoms with Crippen LogP contribution in [0.5, 0.6) is 5.75 Å². The Morgan fingerprint density at radius 1 is 1.45 bits per heavy atom. The van der Waals surface area contributed by atoms with Crippen LogP contribution in [0.2, 0.25) is 0 Å². The highest BCUT2D eigenvalue weighted by atomic mass is 35.5. The van der Waals surface area contributed by atoms with Crippen molar-refractivity contribution < 1.29 is 9.53 Å². The molecule has 1 fully saturated rings. The number of hydrogen-bond acceptors (Lipinski definition) is 3. The average Bonchev–Trinajstić information content (AvgIpc) is 2.48. The van der Waals surface area contributed by atoms with E-state index < -0.39 is 0 Å². The van der Waals surface area contributed by atoms with Gasteiger partial charge in [-0.25, -0.2) is 0 Å². The average molecular weight is 299 g/mol. The summed E-state index contributed by atoms with van der Waals surface area (Å²) >= 11 is 0. The van der Waals surface area contributed by atoms with E-state index in [2.05, 4.69) is 10.6 Å². The molecule has 20 heavy (non-hydrogen) atoms. The van der Waals surface area contributed by atoms with Gasteiger partial charge in [-0.3, -0.25) is 4.79 Å². The van der Waals surface area contributed by atoms with E-state index in [1.165, 1.54) is 12.0 Å². The summed E-state index contributed by atoms with van der Waals surface area (Å²) in [5.41, 5.74) is 1.18. The molecule has 5 heteroatoms. The molecule has 0 unspecified atom stereocenters. The molecule has 2 N–H and O–H groups in total. The highest BCUT2D eigenvalue weighted by Gasteiger charge is 2.19. The highest BCUT2D eigenvalue weighted by molar-refractivity contribution is 5.85. The third-order valence-electron chi connectivity index (χ3n) is 3.47. The summed E-state index contributed by atoms with van der Waals surface area (Å²) in [4.78, 5) is 11.9. The summed E-state index contributed by atoms with van der Waals surface area (Å²) < 4.78 is 5.18. The van der Waals surface area contributed by atoms with Gasteiger partial charge in [-0.2, -0.15) is 0 Å². The van der Waals surface area contributed by atoms with Crippen molar-refractivity contribution in [3.8, 4) is 5.75 Å². The van der Waals surface area contributed by atoms with Gasteiger partial charge >= 0.3 is 0 Å². The normalized spacial score (nSPS) is 17.9. The largest absolute Gasteiger partial charge is 0.497 e. The van der Waals surface area contributed by atoms with Crippen LogP contribution in [0.1, 0.15) is 24.8 Å². The van der Waals surface area contributed by atoms with E-state index in [-0.39, 0.29) is 24.4 Å². The summed E-state index contributed by atoms with van der Waals surface area (Å²) in [5.74, 6) is 0.986. The zero-order valence-electron chi connectivity index (χ0n) is 11.9. The van der Waals surface area contributed by atoms with Crippen LogP contribution in [0.15, 0.2) is 24.3 Å². The highest BCUT2D eigenvalue weighted by Crippen LogP contribution is 2.12. The van der Waals surface area contributed by atoms with Crippen LogP contribution >= 0.6 is 12.4 Å². The molecule has 0 bridgehead atoms. The molecule has 1 aliphatic heterocycles. The monoisotopic (exact) mass is 298 g/mol. The Hall–Kier alpha value is -1.26. The van der Waals surface area contributed by atoms with E-state index in [1.807, 2.05) is 24.3 Å². The van der Waals surface area contributed by atoms with Crippen LogP contribution < -0.4 is 15.4 Å². The van der Waals surface area contributed by atoms with Crippen LogP contribution in [0, 0.1) is 0 Å². The van der Waals surface area contributed by atoms with Gasteiger partial charge in [0.05, 0.1) is 13.2 Å². The first-order valence-electron chi connectivity index (χ1n) is 6.93. The second-order valence-corrected chi connectivity index (χ2v) is 4.90. The lowest BCUT2D eigenvalue weighted by atomic mass is 10.0. The zero-order valence-corrected chi connectivity index (χ0v) is 12.7. The maximum absolute atomic E-state index is 11.9. The summed E-state index contributed by atoms with van der Waals surface area (Å²) in [6.07, 6.45) is 4.09. The Kier molecular flexibility index (Phi) is 7.41. The summed E-state index contributed by atoms with van der Waals surface area (Å²) in [7, 11) is 1.66. The number of carbonyl (C=O) groups excluding carboxylic acids is 1. The topological polar surface area (TPSA) is 50.4 Å². The molecular weight excluding hydrogens is 276 g/mol. The number of rotatable bonds is 5. The summed E-state index contributed by atoms with van der Waals surface area (Å²) in [5, 5.41) is 6.25. The molecule has 112 valence electrons. The van der Waals surface area contributed by atoms with Gasteiger partial charge in [0.1, 0.15) is 5.75 Å². The molecule has 1 aromatic rings. The molecule has 0 spiro atoms. The van der Waals surface area contributed by atoms with Crippen molar-refractivity contribution in [3.05, 3.63) is 29.8 Å². The molecule has 2 rings (SSSR count). The lowest BCUT2D eigenvalue weighted by Crippen LogP contribution is -2.47. The van der Waals surface area contributed by atoms with E-state index in [4.69, 9.17) is 4.74 Å². The van der Waals surface area contributed by atoms with E-state index in [1.54, 1.807) is 7.11 Å².